The number of rotatable bonds is 8. The Balaban J connectivity index is -0.000000720. The summed E-state index contributed by atoms with van der Waals surface area (Å²) in [4.78, 5) is 0. The van der Waals surface area contributed by atoms with Crippen LogP contribution in [-0.4, -0.2) is 62.8 Å². The predicted molar refractivity (Wildman–Crippen MR) is 63.0 cm³/mol. The molecule has 0 saturated heterocycles. The molecule has 0 bridgehead atoms. The van der Waals surface area contributed by atoms with E-state index >= 15 is 0 Å². The molecule has 3 N–H and O–H groups in total. The van der Waals surface area contributed by atoms with Crippen LogP contribution >= 0.6 is 0 Å². The van der Waals surface area contributed by atoms with Crippen LogP contribution in [0.3, 0.4) is 0 Å². The molecule has 0 aliphatic heterocycles. The molecule has 0 fully saturated rings. The van der Waals surface area contributed by atoms with Crippen LogP contribution < -0.4 is 0 Å². The van der Waals surface area contributed by atoms with Crippen LogP contribution in [0.4, 0.5) is 0 Å². The van der Waals surface area contributed by atoms with Crippen molar-refractivity contribution in [2.24, 2.45) is 0 Å². The van der Waals surface area contributed by atoms with Crippen LogP contribution in [-0.2, 0) is 14.6 Å². The van der Waals surface area contributed by atoms with Gasteiger partial charge in [0.25, 0.3) is 0 Å². The van der Waals surface area contributed by atoms with E-state index in [1.165, 1.54) is 19.3 Å². The zero-order chi connectivity index (χ0) is 10.2. The molecule has 7 heteroatoms. The molecule has 0 aromatic rings. The number of hydrogen-bond acceptors (Lipinski definition) is 3. The third-order valence-corrected chi connectivity index (χ3v) is 2.19. The summed E-state index contributed by atoms with van der Waals surface area (Å²) in [5.41, 5.74) is 0. The topological polar surface area (TPSA) is 95.1 Å². The van der Waals surface area contributed by atoms with Gasteiger partial charge < -0.3 is 5.48 Å². The Bertz CT molecular complexity index is 205. The van der Waals surface area contributed by atoms with Crippen molar-refractivity contribution in [3.8, 4) is 0 Å². The first-order chi connectivity index (χ1) is 6.06. The Labute approximate surface area is 122 Å². The van der Waals surface area contributed by atoms with Crippen molar-refractivity contribution < 1.29 is 22.6 Å². The molecule has 5 nitrogen and oxygen atoms in total. The van der Waals surface area contributed by atoms with Crippen LogP contribution in [0.25, 0.3) is 0 Å². The molecular weight excluding hydrogens is 248 g/mol. The molecule has 0 aliphatic rings. The monoisotopic (exact) mass is 270 g/mol. The van der Waals surface area contributed by atoms with Gasteiger partial charge in [0.1, 0.15) is 0 Å². The normalized spacial score (nSPS) is 10.3. The minimum absolute atomic E-state index is 0. The number of hydrogen-bond donors (Lipinski definition) is 1. The number of unbranched alkanes of at least 4 members (excludes halogenated alkanes) is 5. The molecule has 0 atom stereocenters. The molecule has 15 heavy (non-hydrogen) atoms. The standard InChI is InChI=1S/C8H18O4S.Ca.H2O.2H/c1-2-3-4-5-6-7-8-12-13(9,10)11;;;;/h2-8H2,1H3,(H,9,10,11);;1H2;;. The van der Waals surface area contributed by atoms with E-state index in [1.54, 1.807) is 0 Å². The van der Waals surface area contributed by atoms with Gasteiger partial charge in [0.15, 0.2) is 0 Å². The quantitative estimate of drug-likeness (QED) is 0.393. The summed E-state index contributed by atoms with van der Waals surface area (Å²) in [7, 11) is -4.22. The van der Waals surface area contributed by atoms with Crippen molar-refractivity contribution in [1.82, 2.24) is 0 Å². The first-order valence-electron chi connectivity index (χ1n) is 4.68. The fraction of sp³-hybridized carbons (Fsp3) is 1.00. The predicted octanol–water partition coefficient (Wildman–Crippen LogP) is 0.425. The van der Waals surface area contributed by atoms with Crippen molar-refractivity contribution >= 4 is 48.1 Å². The van der Waals surface area contributed by atoms with E-state index in [-0.39, 0.29) is 49.8 Å². The molecule has 0 radical (unpaired) electrons. The van der Waals surface area contributed by atoms with Crippen LogP contribution in [0.2, 0.25) is 0 Å². The van der Waals surface area contributed by atoms with Crippen LogP contribution in [0.5, 0.6) is 0 Å². The third-order valence-electron chi connectivity index (χ3n) is 1.73. The minimum atomic E-state index is -4.22. The zero-order valence-electron chi connectivity index (χ0n) is 8.53. The summed E-state index contributed by atoms with van der Waals surface area (Å²) in [5, 5.41) is 0. The Morgan fingerprint density at radius 1 is 1.07 bits per heavy atom. The average molecular weight is 270 g/mol. The van der Waals surface area contributed by atoms with E-state index in [2.05, 4.69) is 11.1 Å². The van der Waals surface area contributed by atoms with Crippen LogP contribution in [0, 0.1) is 0 Å². The van der Waals surface area contributed by atoms with Crippen LogP contribution in [0.15, 0.2) is 0 Å². The van der Waals surface area contributed by atoms with Gasteiger partial charge in [0.2, 0.25) is 0 Å². The average Bonchev–Trinajstić information content (AvgIpc) is 2.01. The van der Waals surface area contributed by atoms with Crippen molar-refractivity contribution in [1.29, 1.82) is 0 Å². The van der Waals surface area contributed by atoms with Gasteiger partial charge in [-0.15, -0.1) is 0 Å². The Kier molecular flexibility index (Phi) is 18.8. The molecule has 92 valence electrons. The molecule has 0 spiro atoms. The molecule has 0 aromatic heterocycles. The van der Waals surface area contributed by atoms with Crippen molar-refractivity contribution in [3.63, 3.8) is 0 Å². The SMILES string of the molecule is CCCCCCCCOS(=O)(=O)O.O.[CaH2]. The van der Waals surface area contributed by atoms with Gasteiger partial charge in [-0.3, -0.25) is 4.55 Å². The van der Waals surface area contributed by atoms with E-state index in [0.29, 0.717) is 6.42 Å². The Morgan fingerprint density at radius 3 is 2.00 bits per heavy atom. The van der Waals surface area contributed by atoms with Crippen LogP contribution in [0.1, 0.15) is 45.4 Å². The fourth-order valence-electron chi connectivity index (χ4n) is 1.05. The van der Waals surface area contributed by atoms with Crippen molar-refractivity contribution in [3.05, 3.63) is 0 Å². The molecule has 0 aromatic carbocycles. The van der Waals surface area contributed by atoms with E-state index in [9.17, 15) is 8.42 Å². The fourth-order valence-corrected chi connectivity index (χ4v) is 1.38. The summed E-state index contributed by atoms with van der Waals surface area (Å²) in [6.07, 6.45) is 6.34. The Morgan fingerprint density at radius 2 is 1.53 bits per heavy atom. The molecule has 0 saturated carbocycles. The van der Waals surface area contributed by atoms with Crippen molar-refractivity contribution in [2.45, 2.75) is 45.4 Å². The second kappa shape index (κ2) is 13.2. The maximum atomic E-state index is 10.1. The van der Waals surface area contributed by atoms with Gasteiger partial charge >= 0.3 is 48.1 Å². The summed E-state index contributed by atoms with van der Waals surface area (Å²) in [5.74, 6) is 0. The van der Waals surface area contributed by atoms with Gasteiger partial charge in [-0.2, -0.15) is 8.42 Å². The summed E-state index contributed by atoms with van der Waals surface area (Å²) in [6.45, 7) is 2.23. The van der Waals surface area contributed by atoms with E-state index in [4.69, 9.17) is 4.55 Å². The molecule has 0 unspecified atom stereocenters. The van der Waals surface area contributed by atoms with E-state index in [0.717, 1.165) is 12.8 Å². The first-order valence-corrected chi connectivity index (χ1v) is 6.04. The van der Waals surface area contributed by atoms with Gasteiger partial charge in [-0.05, 0) is 6.42 Å². The molecule has 0 amide bonds. The maximum absolute atomic E-state index is 10.1. The second-order valence-corrected chi connectivity index (χ2v) is 4.11. The van der Waals surface area contributed by atoms with E-state index in [1.807, 2.05) is 0 Å². The zero-order valence-corrected chi connectivity index (χ0v) is 9.35. The Hall–Kier alpha value is 1.09. The van der Waals surface area contributed by atoms with Crippen molar-refractivity contribution in [2.75, 3.05) is 6.61 Å². The molecular formula is C8H22CaO5S. The first kappa shape index (κ1) is 21.4. The molecule has 0 rings (SSSR count). The van der Waals surface area contributed by atoms with Gasteiger partial charge in [-0.1, -0.05) is 39.0 Å². The third kappa shape index (κ3) is 21.0. The molecule has 0 aliphatic carbocycles. The molecule has 0 heterocycles. The summed E-state index contributed by atoms with van der Waals surface area (Å²) >= 11 is 0. The summed E-state index contributed by atoms with van der Waals surface area (Å²) < 4.78 is 32.6. The van der Waals surface area contributed by atoms with Gasteiger partial charge in [0, 0.05) is 0 Å². The van der Waals surface area contributed by atoms with Gasteiger partial charge in [0.05, 0.1) is 6.61 Å². The van der Waals surface area contributed by atoms with E-state index < -0.39 is 10.4 Å². The van der Waals surface area contributed by atoms with Gasteiger partial charge in [-0.25, -0.2) is 4.18 Å². The second-order valence-electron chi connectivity index (χ2n) is 3.02. The summed E-state index contributed by atoms with van der Waals surface area (Å²) in [6, 6.07) is 0.